The van der Waals surface area contributed by atoms with Crippen molar-refractivity contribution < 1.29 is 9.59 Å². The number of hydrogen-bond donors (Lipinski definition) is 1. The van der Waals surface area contributed by atoms with E-state index in [9.17, 15) is 9.59 Å². The third-order valence-electron chi connectivity index (χ3n) is 4.48. The summed E-state index contributed by atoms with van der Waals surface area (Å²) in [6.07, 6.45) is 1.16. The van der Waals surface area contributed by atoms with Gasteiger partial charge in [-0.2, -0.15) is 0 Å². The monoisotopic (exact) mass is 351 g/mol. The molecule has 1 saturated heterocycles. The second kappa shape index (κ2) is 9.04. The van der Waals surface area contributed by atoms with E-state index in [1.807, 2.05) is 18.2 Å². The molecular weight excluding hydrogens is 326 g/mol. The van der Waals surface area contributed by atoms with Crippen molar-refractivity contribution in [2.45, 2.75) is 26.7 Å². The van der Waals surface area contributed by atoms with E-state index in [4.69, 9.17) is 11.6 Å². The predicted molar refractivity (Wildman–Crippen MR) is 97.3 cm³/mol. The summed E-state index contributed by atoms with van der Waals surface area (Å²) in [6.45, 7) is 8.33. The van der Waals surface area contributed by atoms with Crippen molar-refractivity contribution in [1.82, 2.24) is 10.2 Å². The first-order valence-electron chi connectivity index (χ1n) is 8.61. The van der Waals surface area contributed by atoms with E-state index < -0.39 is 0 Å². The SMILES string of the molecule is CCN(CC)CCCNC(=O)[C@@H]1CC(=O)N(c2ccccc2Cl)C1. The zero-order valence-electron chi connectivity index (χ0n) is 14.4. The maximum atomic E-state index is 12.3. The van der Waals surface area contributed by atoms with Gasteiger partial charge in [0.15, 0.2) is 0 Å². The predicted octanol–water partition coefficient (Wildman–Crippen LogP) is 2.54. The van der Waals surface area contributed by atoms with Crippen LogP contribution in [0.2, 0.25) is 5.02 Å². The molecule has 0 saturated carbocycles. The number of para-hydroxylation sites is 1. The van der Waals surface area contributed by atoms with Crippen LogP contribution in [0.1, 0.15) is 26.7 Å². The van der Waals surface area contributed by atoms with E-state index >= 15 is 0 Å². The number of nitrogens with zero attached hydrogens (tertiary/aromatic N) is 2. The standard InChI is InChI=1S/C18H26ClN3O2/c1-3-21(4-2)11-7-10-20-18(24)14-12-17(23)22(13-14)16-9-6-5-8-15(16)19/h5-6,8-9,14H,3-4,7,10-13H2,1-2H3,(H,20,24)/t14-/m1/s1. The van der Waals surface area contributed by atoms with Gasteiger partial charge in [-0.15, -0.1) is 0 Å². The van der Waals surface area contributed by atoms with Crippen LogP contribution in [-0.2, 0) is 9.59 Å². The minimum atomic E-state index is -0.303. The molecule has 2 amide bonds. The Morgan fingerprint density at radius 3 is 2.71 bits per heavy atom. The molecule has 0 aliphatic carbocycles. The Labute approximate surface area is 149 Å². The number of nitrogens with one attached hydrogen (secondary N) is 1. The number of rotatable bonds is 8. The molecule has 0 aromatic heterocycles. The fourth-order valence-corrected chi connectivity index (χ4v) is 3.22. The molecular formula is C18H26ClN3O2. The van der Waals surface area contributed by atoms with Gasteiger partial charge in [0.1, 0.15) is 0 Å². The van der Waals surface area contributed by atoms with Crippen molar-refractivity contribution >= 4 is 29.1 Å². The van der Waals surface area contributed by atoms with E-state index in [0.717, 1.165) is 26.1 Å². The van der Waals surface area contributed by atoms with Gasteiger partial charge in [-0.25, -0.2) is 0 Å². The topological polar surface area (TPSA) is 52.7 Å². The fourth-order valence-electron chi connectivity index (χ4n) is 2.99. The third kappa shape index (κ3) is 4.71. The summed E-state index contributed by atoms with van der Waals surface area (Å²) >= 11 is 6.16. The maximum absolute atomic E-state index is 12.3. The van der Waals surface area contributed by atoms with Gasteiger partial charge in [0, 0.05) is 19.5 Å². The molecule has 1 fully saturated rings. The summed E-state index contributed by atoms with van der Waals surface area (Å²) in [5, 5.41) is 3.49. The van der Waals surface area contributed by atoms with E-state index in [-0.39, 0.29) is 24.2 Å². The van der Waals surface area contributed by atoms with Crippen molar-refractivity contribution in [1.29, 1.82) is 0 Å². The second-order valence-corrected chi connectivity index (χ2v) is 6.44. The Bertz CT molecular complexity index is 575. The van der Waals surface area contributed by atoms with Gasteiger partial charge in [-0.05, 0) is 38.2 Å². The van der Waals surface area contributed by atoms with E-state index in [1.165, 1.54) is 0 Å². The van der Waals surface area contributed by atoms with Crippen molar-refractivity contribution in [2.75, 3.05) is 37.6 Å². The van der Waals surface area contributed by atoms with Gasteiger partial charge in [0.2, 0.25) is 11.8 Å². The minimum Gasteiger partial charge on any atom is -0.356 e. The van der Waals surface area contributed by atoms with Crippen LogP contribution in [0.4, 0.5) is 5.69 Å². The smallest absolute Gasteiger partial charge is 0.227 e. The van der Waals surface area contributed by atoms with Gasteiger partial charge in [-0.3, -0.25) is 9.59 Å². The molecule has 0 radical (unpaired) electrons. The second-order valence-electron chi connectivity index (χ2n) is 6.03. The van der Waals surface area contributed by atoms with Crippen molar-refractivity contribution in [3.8, 4) is 0 Å². The Kier molecular flexibility index (Phi) is 7.06. The molecule has 1 aliphatic heterocycles. The van der Waals surface area contributed by atoms with Crippen molar-refractivity contribution in [3.05, 3.63) is 29.3 Å². The number of hydrogen-bond acceptors (Lipinski definition) is 3. The zero-order valence-corrected chi connectivity index (χ0v) is 15.2. The van der Waals surface area contributed by atoms with Crippen LogP contribution in [0.3, 0.4) is 0 Å². The molecule has 1 atom stereocenters. The summed E-state index contributed by atoms with van der Waals surface area (Å²) in [5.74, 6) is -0.397. The first-order valence-corrected chi connectivity index (χ1v) is 8.99. The Morgan fingerprint density at radius 1 is 1.33 bits per heavy atom. The summed E-state index contributed by atoms with van der Waals surface area (Å²) in [6, 6.07) is 7.23. The van der Waals surface area contributed by atoms with Gasteiger partial charge in [0.25, 0.3) is 0 Å². The van der Waals surface area contributed by atoms with Crippen LogP contribution in [0.5, 0.6) is 0 Å². The highest BCUT2D eigenvalue weighted by atomic mass is 35.5. The van der Waals surface area contributed by atoms with Crippen molar-refractivity contribution in [3.63, 3.8) is 0 Å². The number of halogens is 1. The normalized spacial score (nSPS) is 17.6. The van der Waals surface area contributed by atoms with E-state index in [2.05, 4.69) is 24.1 Å². The largest absolute Gasteiger partial charge is 0.356 e. The molecule has 132 valence electrons. The first-order chi connectivity index (χ1) is 11.6. The van der Waals surface area contributed by atoms with Crippen LogP contribution in [0.15, 0.2) is 24.3 Å². The molecule has 1 N–H and O–H groups in total. The molecule has 0 spiro atoms. The molecule has 1 heterocycles. The lowest BCUT2D eigenvalue weighted by atomic mass is 10.1. The number of carbonyl (C=O) groups excluding carboxylic acids is 2. The highest BCUT2D eigenvalue weighted by Crippen LogP contribution is 2.30. The minimum absolute atomic E-state index is 0.0440. The Hall–Kier alpha value is -1.59. The molecule has 5 nitrogen and oxygen atoms in total. The summed E-state index contributed by atoms with van der Waals surface area (Å²) < 4.78 is 0. The number of amides is 2. The third-order valence-corrected chi connectivity index (χ3v) is 4.80. The molecule has 1 aromatic carbocycles. The summed E-state index contributed by atoms with van der Waals surface area (Å²) in [5.41, 5.74) is 0.681. The molecule has 1 aromatic rings. The Balaban J connectivity index is 1.82. The number of anilines is 1. The highest BCUT2D eigenvalue weighted by Gasteiger charge is 2.35. The summed E-state index contributed by atoms with van der Waals surface area (Å²) in [4.78, 5) is 28.5. The van der Waals surface area contributed by atoms with E-state index in [1.54, 1.807) is 11.0 Å². The van der Waals surface area contributed by atoms with Gasteiger partial charge in [-0.1, -0.05) is 37.6 Å². The molecule has 0 bridgehead atoms. The van der Waals surface area contributed by atoms with Crippen LogP contribution < -0.4 is 10.2 Å². The lowest BCUT2D eigenvalue weighted by Crippen LogP contribution is -2.35. The zero-order chi connectivity index (χ0) is 17.5. The number of carbonyl (C=O) groups is 2. The summed E-state index contributed by atoms with van der Waals surface area (Å²) in [7, 11) is 0. The van der Waals surface area contributed by atoms with Crippen LogP contribution >= 0.6 is 11.6 Å². The Morgan fingerprint density at radius 2 is 2.04 bits per heavy atom. The van der Waals surface area contributed by atoms with Crippen molar-refractivity contribution in [2.24, 2.45) is 5.92 Å². The maximum Gasteiger partial charge on any atom is 0.227 e. The lowest BCUT2D eigenvalue weighted by molar-refractivity contribution is -0.126. The van der Waals surface area contributed by atoms with Crippen LogP contribution in [-0.4, -0.2) is 49.4 Å². The average Bonchev–Trinajstić information content (AvgIpc) is 2.97. The number of benzene rings is 1. The molecule has 6 heteroatoms. The van der Waals surface area contributed by atoms with Gasteiger partial charge < -0.3 is 15.1 Å². The van der Waals surface area contributed by atoms with Gasteiger partial charge in [0.05, 0.1) is 16.6 Å². The highest BCUT2D eigenvalue weighted by molar-refractivity contribution is 6.33. The fraction of sp³-hybridized carbons (Fsp3) is 0.556. The van der Waals surface area contributed by atoms with E-state index in [0.29, 0.717) is 23.8 Å². The van der Waals surface area contributed by atoms with Gasteiger partial charge >= 0.3 is 0 Å². The lowest BCUT2D eigenvalue weighted by Gasteiger charge is -2.19. The molecule has 1 aliphatic rings. The molecule has 0 unspecified atom stereocenters. The first kappa shape index (κ1) is 18.7. The van der Waals surface area contributed by atoms with Crippen LogP contribution in [0, 0.1) is 5.92 Å². The molecule has 24 heavy (non-hydrogen) atoms. The quantitative estimate of drug-likeness (QED) is 0.732. The molecule has 2 rings (SSSR count). The average molecular weight is 352 g/mol. The van der Waals surface area contributed by atoms with Crippen LogP contribution in [0.25, 0.3) is 0 Å².